The zero-order valence-corrected chi connectivity index (χ0v) is 28.8. The van der Waals surface area contributed by atoms with Gasteiger partial charge in [-0.05, 0) is 93.9 Å². The Balaban J connectivity index is 0.000000847. The molecule has 0 spiro atoms. The Morgan fingerprint density at radius 3 is 2.00 bits per heavy atom. The van der Waals surface area contributed by atoms with Gasteiger partial charge in [0.1, 0.15) is 5.75 Å². The van der Waals surface area contributed by atoms with Gasteiger partial charge in [0.2, 0.25) is 0 Å². The first-order valence-electron chi connectivity index (χ1n) is 15.2. The van der Waals surface area contributed by atoms with Gasteiger partial charge in [0.25, 0.3) is 0 Å². The number of hydrogen-bond donors (Lipinski definition) is 1. The van der Waals surface area contributed by atoms with E-state index >= 15 is 0 Å². The van der Waals surface area contributed by atoms with Crippen molar-refractivity contribution in [1.82, 2.24) is 15.1 Å². The van der Waals surface area contributed by atoms with Crippen molar-refractivity contribution in [3.63, 3.8) is 0 Å². The standard InChI is InChI=1S/C21H37N3O.C12H16O2.3ClH/c1-3-12-22-13-6-4-5-7-14-23-15-17-24(18-16-23)19-20-8-10-21(25-2)11-9-20;1-13-11-8-7-9-5-3-4-6-10(9)12(11)14-2;;;/h8-11,22H,3-7,12-19H2,1-2H3;7-8H,3-6H2,1-2H3;3*1H. The van der Waals surface area contributed by atoms with Gasteiger partial charge in [0.05, 0.1) is 21.3 Å². The molecule has 9 heteroatoms. The van der Waals surface area contributed by atoms with Crippen LogP contribution in [0, 0.1) is 0 Å². The van der Waals surface area contributed by atoms with Gasteiger partial charge in [-0.1, -0.05) is 38.0 Å². The van der Waals surface area contributed by atoms with Gasteiger partial charge >= 0.3 is 0 Å². The lowest BCUT2D eigenvalue weighted by Crippen LogP contribution is -2.46. The van der Waals surface area contributed by atoms with Crippen LogP contribution in [-0.2, 0) is 19.4 Å². The molecule has 0 bridgehead atoms. The number of nitrogens with zero attached hydrogens (tertiary/aromatic N) is 2. The Morgan fingerprint density at radius 2 is 1.36 bits per heavy atom. The monoisotopic (exact) mass is 647 g/mol. The van der Waals surface area contributed by atoms with E-state index < -0.39 is 0 Å². The summed E-state index contributed by atoms with van der Waals surface area (Å²) in [4.78, 5) is 5.21. The molecule has 2 aliphatic rings. The van der Waals surface area contributed by atoms with Crippen LogP contribution in [0.1, 0.15) is 68.6 Å². The van der Waals surface area contributed by atoms with Gasteiger partial charge in [0, 0.05) is 38.3 Å². The predicted octanol–water partition coefficient (Wildman–Crippen LogP) is 7.22. The van der Waals surface area contributed by atoms with Crippen LogP contribution < -0.4 is 19.5 Å². The Labute approximate surface area is 274 Å². The Kier molecular flexibility index (Phi) is 23.2. The molecule has 0 unspecified atom stereocenters. The molecule has 4 rings (SSSR count). The SMILES string of the molecule is CCCNCCCCCCN1CCN(Cc2ccc(OC)cc2)CC1.COc1ccc2c(c1OC)CCCC2.Cl.Cl.Cl. The van der Waals surface area contributed by atoms with Crippen LogP contribution in [0.4, 0.5) is 0 Å². The van der Waals surface area contributed by atoms with Crippen molar-refractivity contribution in [2.45, 2.75) is 71.3 Å². The zero-order chi connectivity index (χ0) is 27.7. The van der Waals surface area contributed by atoms with Gasteiger partial charge in [0.15, 0.2) is 11.5 Å². The molecule has 1 fully saturated rings. The summed E-state index contributed by atoms with van der Waals surface area (Å²) in [5.74, 6) is 2.73. The van der Waals surface area contributed by atoms with Crippen molar-refractivity contribution in [3.05, 3.63) is 53.1 Å². The molecule has 2 aromatic rings. The van der Waals surface area contributed by atoms with Crippen LogP contribution in [-0.4, -0.2) is 76.9 Å². The minimum absolute atomic E-state index is 0. The van der Waals surface area contributed by atoms with E-state index in [4.69, 9.17) is 14.2 Å². The highest BCUT2D eigenvalue weighted by Crippen LogP contribution is 2.37. The molecular weight excluding hydrogens is 593 g/mol. The average Bonchev–Trinajstić information content (AvgIpc) is 2.99. The molecule has 6 nitrogen and oxygen atoms in total. The molecule has 1 saturated heterocycles. The van der Waals surface area contributed by atoms with Crippen LogP contribution in [0.3, 0.4) is 0 Å². The number of benzene rings is 2. The number of methoxy groups -OCH3 is 3. The third kappa shape index (κ3) is 13.9. The maximum Gasteiger partial charge on any atom is 0.164 e. The van der Waals surface area contributed by atoms with Gasteiger partial charge in [-0.15, -0.1) is 37.2 Å². The average molecular weight is 649 g/mol. The first-order chi connectivity index (χ1) is 19.2. The molecule has 0 radical (unpaired) electrons. The summed E-state index contributed by atoms with van der Waals surface area (Å²) in [5, 5.41) is 3.48. The highest BCUT2D eigenvalue weighted by atomic mass is 35.5. The second kappa shape index (κ2) is 24.0. The number of hydrogen-bond acceptors (Lipinski definition) is 6. The number of piperazine rings is 1. The number of rotatable bonds is 14. The minimum Gasteiger partial charge on any atom is -0.497 e. The predicted molar refractivity (Wildman–Crippen MR) is 184 cm³/mol. The fraction of sp³-hybridized carbons (Fsp3) is 0.636. The van der Waals surface area contributed by atoms with Crippen molar-refractivity contribution < 1.29 is 14.2 Å². The molecule has 242 valence electrons. The van der Waals surface area contributed by atoms with Gasteiger partial charge in [-0.25, -0.2) is 0 Å². The Bertz CT molecular complexity index is 927. The van der Waals surface area contributed by atoms with E-state index in [2.05, 4.69) is 52.4 Å². The molecule has 2 aromatic carbocycles. The van der Waals surface area contributed by atoms with Gasteiger partial charge in [-0.3, -0.25) is 4.90 Å². The summed E-state index contributed by atoms with van der Waals surface area (Å²) >= 11 is 0. The third-order valence-corrected chi connectivity index (χ3v) is 7.90. The Hall–Kier alpha value is -1.41. The molecule has 1 aliphatic heterocycles. The second-order valence-corrected chi connectivity index (χ2v) is 10.8. The van der Waals surface area contributed by atoms with Crippen LogP contribution in [0.15, 0.2) is 36.4 Å². The number of aryl methyl sites for hydroxylation is 1. The van der Waals surface area contributed by atoms with E-state index in [-0.39, 0.29) is 37.2 Å². The first-order valence-corrected chi connectivity index (χ1v) is 15.2. The summed E-state index contributed by atoms with van der Waals surface area (Å²) in [6, 6.07) is 12.6. The number of ether oxygens (including phenoxy) is 3. The van der Waals surface area contributed by atoms with Gasteiger partial charge < -0.3 is 24.4 Å². The maximum absolute atomic E-state index is 5.41. The topological polar surface area (TPSA) is 46.2 Å². The molecule has 1 N–H and O–H groups in total. The van der Waals surface area contributed by atoms with Gasteiger partial charge in [-0.2, -0.15) is 0 Å². The van der Waals surface area contributed by atoms with Crippen molar-refractivity contribution in [2.75, 3.05) is 67.1 Å². The second-order valence-electron chi connectivity index (χ2n) is 10.8. The quantitative estimate of drug-likeness (QED) is 0.218. The third-order valence-electron chi connectivity index (χ3n) is 7.90. The van der Waals surface area contributed by atoms with Crippen LogP contribution in [0.2, 0.25) is 0 Å². The molecule has 0 aromatic heterocycles. The number of fused-ring (bicyclic) bond motifs is 1. The summed E-state index contributed by atoms with van der Waals surface area (Å²) < 4.78 is 15.9. The summed E-state index contributed by atoms with van der Waals surface area (Å²) in [6.45, 7) is 11.7. The van der Waals surface area contributed by atoms with Crippen LogP contribution in [0.25, 0.3) is 0 Å². The largest absolute Gasteiger partial charge is 0.497 e. The van der Waals surface area contributed by atoms with E-state index in [1.165, 1.54) is 114 Å². The molecule has 0 saturated carbocycles. The molecule has 1 aliphatic carbocycles. The van der Waals surface area contributed by atoms with Crippen molar-refractivity contribution in [3.8, 4) is 17.2 Å². The van der Waals surface area contributed by atoms with Crippen molar-refractivity contribution >= 4 is 37.2 Å². The minimum atomic E-state index is 0. The summed E-state index contributed by atoms with van der Waals surface area (Å²) in [7, 11) is 5.12. The zero-order valence-electron chi connectivity index (χ0n) is 26.3. The van der Waals surface area contributed by atoms with E-state index in [0.29, 0.717) is 0 Å². The fourth-order valence-electron chi connectivity index (χ4n) is 5.56. The van der Waals surface area contributed by atoms with E-state index in [1.54, 1.807) is 21.3 Å². The molecule has 1 heterocycles. The summed E-state index contributed by atoms with van der Waals surface area (Å²) in [6.07, 6.45) is 11.5. The highest BCUT2D eigenvalue weighted by molar-refractivity contribution is 5.86. The molecule has 42 heavy (non-hydrogen) atoms. The van der Waals surface area contributed by atoms with E-state index in [0.717, 1.165) is 30.2 Å². The molecule has 0 amide bonds. The van der Waals surface area contributed by atoms with Crippen molar-refractivity contribution in [1.29, 1.82) is 0 Å². The first kappa shape index (κ1) is 40.6. The lowest BCUT2D eigenvalue weighted by molar-refractivity contribution is 0.125. The fourth-order valence-corrected chi connectivity index (χ4v) is 5.56. The summed E-state index contributed by atoms with van der Waals surface area (Å²) in [5.41, 5.74) is 4.15. The lowest BCUT2D eigenvalue weighted by Gasteiger charge is -2.34. The maximum atomic E-state index is 5.41. The number of halogens is 3. The van der Waals surface area contributed by atoms with E-state index in [1.807, 2.05) is 6.07 Å². The Morgan fingerprint density at radius 1 is 0.690 bits per heavy atom. The van der Waals surface area contributed by atoms with E-state index in [9.17, 15) is 0 Å². The lowest BCUT2D eigenvalue weighted by atomic mass is 9.91. The van der Waals surface area contributed by atoms with Crippen LogP contribution >= 0.6 is 37.2 Å². The van der Waals surface area contributed by atoms with Crippen molar-refractivity contribution in [2.24, 2.45) is 0 Å². The number of nitrogens with one attached hydrogen (secondary N) is 1. The van der Waals surface area contributed by atoms with Crippen LogP contribution in [0.5, 0.6) is 17.2 Å². The smallest absolute Gasteiger partial charge is 0.164 e. The normalized spacial score (nSPS) is 14.6. The molecular formula is C33H56Cl3N3O3. The highest BCUT2D eigenvalue weighted by Gasteiger charge is 2.18. The number of unbranched alkanes of at least 4 members (excludes halogenated alkanes) is 3. The molecule has 0 atom stereocenters.